The summed E-state index contributed by atoms with van der Waals surface area (Å²) in [4.78, 5) is 11.7. The maximum atomic E-state index is 13.6. The molecule has 1 amide bonds. The number of amides is 1. The zero-order valence-electron chi connectivity index (χ0n) is 12.4. The molecule has 118 valence electrons. The SMILES string of the molecule is CC(C)(C)OC(=O)NC(CCCl)Cc1cc(F)ccc1F. The van der Waals surface area contributed by atoms with Crippen LogP contribution in [-0.2, 0) is 11.2 Å². The van der Waals surface area contributed by atoms with Gasteiger partial charge in [-0.25, -0.2) is 13.6 Å². The molecule has 0 bridgehead atoms. The van der Waals surface area contributed by atoms with Crippen LogP contribution in [-0.4, -0.2) is 23.6 Å². The van der Waals surface area contributed by atoms with Gasteiger partial charge >= 0.3 is 6.09 Å². The third-order valence-corrected chi connectivity index (χ3v) is 2.87. The fourth-order valence-corrected chi connectivity index (χ4v) is 2.06. The van der Waals surface area contributed by atoms with E-state index in [1.54, 1.807) is 20.8 Å². The fraction of sp³-hybridized carbons (Fsp3) is 0.533. The molecule has 0 saturated carbocycles. The summed E-state index contributed by atoms with van der Waals surface area (Å²) in [5.41, 5.74) is -0.430. The zero-order chi connectivity index (χ0) is 16.0. The molecule has 1 rings (SSSR count). The predicted molar refractivity (Wildman–Crippen MR) is 78.6 cm³/mol. The summed E-state index contributed by atoms with van der Waals surface area (Å²) in [6.07, 6.45) is -0.0267. The Morgan fingerprint density at radius 2 is 2.05 bits per heavy atom. The number of rotatable bonds is 5. The quantitative estimate of drug-likeness (QED) is 0.832. The summed E-state index contributed by atoms with van der Waals surface area (Å²) >= 11 is 5.69. The van der Waals surface area contributed by atoms with Crippen molar-refractivity contribution in [1.82, 2.24) is 5.32 Å². The van der Waals surface area contributed by atoms with Gasteiger partial charge in [0.1, 0.15) is 17.2 Å². The molecule has 0 saturated heterocycles. The van der Waals surface area contributed by atoms with E-state index in [-0.39, 0.29) is 17.9 Å². The molecule has 1 atom stereocenters. The molecule has 6 heteroatoms. The van der Waals surface area contributed by atoms with E-state index >= 15 is 0 Å². The second-order valence-electron chi connectivity index (χ2n) is 5.76. The summed E-state index contributed by atoms with van der Waals surface area (Å²) in [5, 5.41) is 2.63. The van der Waals surface area contributed by atoms with Gasteiger partial charge in [-0.3, -0.25) is 0 Å². The maximum absolute atomic E-state index is 13.6. The van der Waals surface area contributed by atoms with Crippen LogP contribution in [0, 0.1) is 11.6 Å². The van der Waals surface area contributed by atoms with Gasteiger partial charge in [0.25, 0.3) is 0 Å². The summed E-state index contributed by atoms with van der Waals surface area (Å²) in [7, 11) is 0. The van der Waals surface area contributed by atoms with Crippen LogP contribution in [0.5, 0.6) is 0 Å². The van der Waals surface area contributed by atoms with Gasteiger partial charge in [0.2, 0.25) is 0 Å². The van der Waals surface area contributed by atoms with E-state index in [0.717, 1.165) is 18.2 Å². The molecule has 0 aliphatic carbocycles. The van der Waals surface area contributed by atoms with Crippen LogP contribution in [0.25, 0.3) is 0 Å². The molecule has 3 nitrogen and oxygen atoms in total. The first-order valence-electron chi connectivity index (χ1n) is 6.70. The van der Waals surface area contributed by atoms with Crippen LogP contribution in [0.3, 0.4) is 0 Å². The molecule has 1 N–H and O–H groups in total. The van der Waals surface area contributed by atoms with Crippen LogP contribution < -0.4 is 5.32 Å². The van der Waals surface area contributed by atoms with Crippen LogP contribution in [0.2, 0.25) is 0 Å². The van der Waals surface area contributed by atoms with Crippen molar-refractivity contribution in [2.75, 3.05) is 5.88 Å². The summed E-state index contributed by atoms with van der Waals surface area (Å²) < 4.78 is 31.9. The van der Waals surface area contributed by atoms with Crippen molar-refractivity contribution in [3.8, 4) is 0 Å². The van der Waals surface area contributed by atoms with Crippen LogP contribution in [0.1, 0.15) is 32.8 Å². The molecule has 0 fully saturated rings. The summed E-state index contributed by atoms with van der Waals surface area (Å²) in [6.45, 7) is 5.24. The number of hydrogen-bond acceptors (Lipinski definition) is 2. The van der Waals surface area contributed by atoms with E-state index in [1.165, 1.54) is 0 Å². The highest BCUT2D eigenvalue weighted by atomic mass is 35.5. The lowest BCUT2D eigenvalue weighted by atomic mass is 10.0. The van der Waals surface area contributed by atoms with Gasteiger partial charge in [-0.05, 0) is 57.4 Å². The van der Waals surface area contributed by atoms with Gasteiger partial charge in [-0.1, -0.05) is 0 Å². The zero-order valence-corrected chi connectivity index (χ0v) is 13.1. The van der Waals surface area contributed by atoms with Gasteiger partial charge in [0, 0.05) is 11.9 Å². The highest BCUT2D eigenvalue weighted by molar-refractivity contribution is 6.17. The predicted octanol–water partition coefficient (Wildman–Crippen LogP) is 4.03. The monoisotopic (exact) mass is 319 g/mol. The molecule has 0 radical (unpaired) electrons. The molecule has 0 aliphatic heterocycles. The molecular formula is C15H20ClF2NO2. The number of carbonyl (C=O) groups is 1. The molecule has 1 unspecified atom stereocenters. The second-order valence-corrected chi connectivity index (χ2v) is 6.14. The minimum Gasteiger partial charge on any atom is -0.444 e. The van der Waals surface area contributed by atoms with Gasteiger partial charge < -0.3 is 10.1 Å². The van der Waals surface area contributed by atoms with E-state index in [1.807, 2.05) is 0 Å². The first-order chi connectivity index (χ1) is 9.71. The number of nitrogens with one attached hydrogen (secondary N) is 1. The Labute approximate surface area is 128 Å². The van der Waals surface area contributed by atoms with Crippen molar-refractivity contribution >= 4 is 17.7 Å². The Hall–Kier alpha value is -1.36. The molecule has 1 aromatic carbocycles. The highest BCUT2D eigenvalue weighted by Crippen LogP contribution is 2.14. The van der Waals surface area contributed by atoms with Crippen molar-refractivity contribution < 1.29 is 18.3 Å². The third kappa shape index (κ3) is 6.76. The van der Waals surface area contributed by atoms with Crippen molar-refractivity contribution in [2.45, 2.75) is 45.3 Å². The van der Waals surface area contributed by atoms with E-state index < -0.39 is 29.4 Å². The van der Waals surface area contributed by atoms with Crippen LogP contribution in [0.4, 0.5) is 13.6 Å². The number of ether oxygens (including phenoxy) is 1. The maximum Gasteiger partial charge on any atom is 0.407 e. The topological polar surface area (TPSA) is 38.3 Å². The number of carbonyl (C=O) groups excluding carboxylic acids is 1. The highest BCUT2D eigenvalue weighted by Gasteiger charge is 2.20. The molecule has 0 aromatic heterocycles. The molecular weight excluding hydrogens is 300 g/mol. The standard InChI is InChI=1S/C15H20ClF2NO2/c1-15(2,3)21-14(20)19-12(6-7-16)9-10-8-11(17)4-5-13(10)18/h4-5,8,12H,6-7,9H2,1-3H3,(H,19,20). The number of alkyl halides is 1. The normalized spacial score (nSPS) is 12.9. The first-order valence-corrected chi connectivity index (χ1v) is 7.24. The summed E-state index contributed by atoms with van der Waals surface area (Å²) in [5.74, 6) is -0.743. The molecule has 0 heterocycles. The molecule has 0 spiro atoms. The number of alkyl carbamates (subject to hydrolysis) is 1. The Kier molecular flexibility index (Phi) is 6.40. The van der Waals surface area contributed by atoms with Crippen LogP contribution >= 0.6 is 11.6 Å². The average Bonchev–Trinajstić information content (AvgIpc) is 2.31. The molecule has 1 aromatic rings. The smallest absolute Gasteiger partial charge is 0.407 e. The van der Waals surface area contributed by atoms with Crippen molar-refractivity contribution in [2.24, 2.45) is 0 Å². The fourth-order valence-electron chi connectivity index (χ4n) is 1.80. The molecule has 0 aliphatic rings. The summed E-state index contributed by atoms with van der Waals surface area (Å²) in [6, 6.07) is 2.81. The van der Waals surface area contributed by atoms with Crippen molar-refractivity contribution in [1.29, 1.82) is 0 Å². The second kappa shape index (κ2) is 7.59. The van der Waals surface area contributed by atoms with Gasteiger partial charge in [0.15, 0.2) is 0 Å². The Bertz CT molecular complexity index is 489. The van der Waals surface area contributed by atoms with Gasteiger partial charge in [-0.2, -0.15) is 0 Å². The van der Waals surface area contributed by atoms with Crippen molar-refractivity contribution in [3.05, 3.63) is 35.4 Å². The number of halogens is 3. The first kappa shape index (κ1) is 17.7. The van der Waals surface area contributed by atoms with E-state index in [4.69, 9.17) is 16.3 Å². The van der Waals surface area contributed by atoms with Gasteiger partial charge in [0.05, 0.1) is 0 Å². The van der Waals surface area contributed by atoms with E-state index in [0.29, 0.717) is 6.42 Å². The lowest BCUT2D eigenvalue weighted by Crippen LogP contribution is -2.40. The number of benzene rings is 1. The van der Waals surface area contributed by atoms with Crippen LogP contribution in [0.15, 0.2) is 18.2 Å². The minimum atomic E-state index is -0.625. The number of hydrogen-bond donors (Lipinski definition) is 1. The minimum absolute atomic E-state index is 0.148. The van der Waals surface area contributed by atoms with E-state index in [9.17, 15) is 13.6 Å². The Balaban J connectivity index is 2.73. The lowest BCUT2D eigenvalue weighted by Gasteiger charge is -2.23. The van der Waals surface area contributed by atoms with E-state index in [2.05, 4.69) is 5.32 Å². The Morgan fingerprint density at radius 3 is 2.62 bits per heavy atom. The average molecular weight is 320 g/mol. The Morgan fingerprint density at radius 1 is 1.38 bits per heavy atom. The lowest BCUT2D eigenvalue weighted by molar-refractivity contribution is 0.0503. The molecule has 21 heavy (non-hydrogen) atoms. The van der Waals surface area contributed by atoms with Gasteiger partial charge in [-0.15, -0.1) is 11.6 Å². The van der Waals surface area contributed by atoms with Crippen molar-refractivity contribution in [3.63, 3.8) is 0 Å². The largest absolute Gasteiger partial charge is 0.444 e. The third-order valence-electron chi connectivity index (χ3n) is 2.65.